The maximum absolute atomic E-state index is 11.6. The lowest BCUT2D eigenvalue weighted by Crippen LogP contribution is -2.39. The van der Waals surface area contributed by atoms with Gasteiger partial charge < -0.3 is 9.64 Å². The summed E-state index contributed by atoms with van der Waals surface area (Å²) in [5, 5.41) is 0. The second kappa shape index (κ2) is 4.07. The molecule has 14 heavy (non-hydrogen) atoms. The smallest absolute Gasteiger partial charge is 0.410 e. The summed E-state index contributed by atoms with van der Waals surface area (Å²) in [5.41, 5.74) is 0.425. The Morgan fingerprint density at radius 3 is 2.64 bits per heavy atom. The maximum atomic E-state index is 11.6. The molecular weight excluding hydrogens is 177 g/mol. The zero-order valence-electron chi connectivity index (χ0n) is 9.04. The average molecular weight is 193 g/mol. The van der Waals surface area contributed by atoms with Crippen LogP contribution in [0.4, 0.5) is 4.79 Å². The minimum Gasteiger partial charge on any atom is -0.444 e. The van der Waals surface area contributed by atoms with Crippen LogP contribution in [0.3, 0.4) is 0 Å². The van der Waals surface area contributed by atoms with Crippen molar-refractivity contribution in [2.24, 2.45) is 0 Å². The maximum Gasteiger partial charge on any atom is 0.410 e. The van der Waals surface area contributed by atoms with E-state index in [4.69, 9.17) is 12.6 Å². The predicted molar refractivity (Wildman–Crippen MR) is 56.3 cm³/mol. The van der Waals surface area contributed by atoms with Crippen LogP contribution in [0, 0.1) is 0 Å². The van der Waals surface area contributed by atoms with Gasteiger partial charge in [0.15, 0.2) is 0 Å². The highest BCUT2D eigenvalue weighted by molar-refractivity contribution is 6.21. The van der Waals surface area contributed by atoms with Crippen molar-refractivity contribution < 1.29 is 9.53 Å². The van der Waals surface area contributed by atoms with E-state index >= 15 is 0 Å². The first-order valence-electron chi connectivity index (χ1n) is 4.81. The lowest BCUT2D eigenvalue weighted by atomic mass is 9.90. The molecule has 1 rings (SSSR count). The van der Waals surface area contributed by atoms with Gasteiger partial charge in [-0.2, -0.15) is 0 Å². The third kappa shape index (κ3) is 3.44. The van der Waals surface area contributed by atoms with Crippen molar-refractivity contribution in [3.63, 3.8) is 0 Å². The SMILES string of the molecule is [B]C1=CCN(C(=O)OC(C)(C)C)CC1. The standard InChI is InChI=1S/C10H16BNO2/c1-10(2,3)14-9(13)12-6-4-8(11)5-7-12/h4H,5-7H2,1-3H3. The van der Waals surface area contributed by atoms with Gasteiger partial charge in [0.25, 0.3) is 0 Å². The fourth-order valence-electron chi connectivity index (χ4n) is 1.18. The molecule has 0 spiro atoms. The van der Waals surface area contributed by atoms with Crippen LogP contribution < -0.4 is 0 Å². The van der Waals surface area contributed by atoms with E-state index in [0.717, 1.165) is 11.9 Å². The van der Waals surface area contributed by atoms with Crippen LogP contribution in [0.15, 0.2) is 11.5 Å². The fourth-order valence-corrected chi connectivity index (χ4v) is 1.18. The Labute approximate surface area is 86.5 Å². The molecule has 0 fully saturated rings. The Balaban J connectivity index is 2.47. The number of rotatable bonds is 0. The highest BCUT2D eigenvalue weighted by Crippen LogP contribution is 2.13. The molecule has 0 aromatic heterocycles. The van der Waals surface area contributed by atoms with Crippen molar-refractivity contribution >= 4 is 13.9 Å². The molecule has 0 saturated carbocycles. The van der Waals surface area contributed by atoms with Gasteiger partial charge in [0.2, 0.25) is 0 Å². The van der Waals surface area contributed by atoms with Crippen molar-refractivity contribution in [3.05, 3.63) is 11.5 Å². The van der Waals surface area contributed by atoms with Crippen LogP contribution in [0.2, 0.25) is 0 Å². The number of hydrogen-bond acceptors (Lipinski definition) is 2. The van der Waals surface area contributed by atoms with Gasteiger partial charge in [-0.05, 0) is 27.2 Å². The predicted octanol–water partition coefficient (Wildman–Crippen LogP) is 1.68. The van der Waals surface area contributed by atoms with Crippen molar-refractivity contribution in [1.82, 2.24) is 4.90 Å². The summed E-state index contributed by atoms with van der Waals surface area (Å²) in [6.07, 6.45) is 2.33. The molecule has 0 aliphatic carbocycles. The number of amides is 1. The summed E-state index contributed by atoms with van der Waals surface area (Å²) in [6.45, 7) is 6.79. The first-order chi connectivity index (χ1) is 6.38. The largest absolute Gasteiger partial charge is 0.444 e. The first kappa shape index (κ1) is 11.2. The molecule has 0 aromatic rings. The van der Waals surface area contributed by atoms with E-state index in [0.29, 0.717) is 13.1 Å². The van der Waals surface area contributed by atoms with E-state index in [-0.39, 0.29) is 6.09 Å². The number of carbonyl (C=O) groups excluding carboxylic acids is 1. The van der Waals surface area contributed by atoms with Gasteiger partial charge in [-0.25, -0.2) is 4.79 Å². The Hall–Kier alpha value is -0.925. The quantitative estimate of drug-likeness (QED) is 0.547. The summed E-state index contributed by atoms with van der Waals surface area (Å²) in [6, 6.07) is 0. The Morgan fingerprint density at radius 1 is 1.57 bits per heavy atom. The minimum absolute atomic E-state index is 0.263. The second-order valence-electron chi connectivity index (χ2n) is 4.46. The summed E-state index contributed by atoms with van der Waals surface area (Å²) in [5.74, 6) is 0. The van der Waals surface area contributed by atoms with E-state index in [9.17, 15) is 4.79 Å². The highest BCUT2D eigenvalue weighted by Gasteiger charge is 2.22. The lowest BCUT2D eigenvalue weighted by Gasteiger charge is -2.29. The molecule has 1 aliphatic rings. The van der Waals surface area contributed by atoms with Crippen molar-refractivity contribution in [1.29, 1.82) is 0 Å². The van der Waals surface area contributed by atoms with Crippen molar-refractivity contribution in [2.75, 3.05) is 13.1 Å². The molecule has 0 saturated heterocycles. The number of nitrogens with zero attached hydrogens (tertiary/aromatic N) is 1. The van der Waals surface area contributed by atoms with Crippen LogP contribution in [0.25, 0.3) is 0 Å². The van der Waals surface area contributed by atoms with Gasteiger partial charge in [0, 0.05) is 13.1 Å². The topological polar surface area (TPSA) is 29.5 Å². The summed E-state index contributed by atoms with van der Waals surface area (Å²) < 4.78 is 5.23. The molecule has 1 aliphatic heterocycles. The van der Waals surface area contributed by atoms with E-state index in [1.165, 1.54) is 0 Å². The Morgan fingerprint density at radius 2 is 2.21 bits per heavy atom. The van der Waals surface area contributed by atoms with E-state index in [1.807, 2.05) is 26.8 Å². The third-order valence-corrected chi connectivity index (χ3v) is 1.90. The molecule has 4 heteroatoms. The molecular formula is C10H16BNO2. The Kier molecular flexibility index (Phi) is 3.24. The molecule has 0 bridgehead atoms. The lowest BCUT2D eigenvalue weighted by molar-refractivity contribution is 0.0267. The van der Waals surface area contributed by atoms with Crippen LogP contribution in [-0.2, 0) is 4.74 Å². The fraction of sp³-hybridized carbons (Fsp3) is 0.700. The molecule has 0 unspecified atom stereocenters. The Bertz CT molecular complexity index is 255. The number of carbonyl (C=O) groups is 1. The number of ether oxygens (including phenoxy) is 1. The molecule has 76 valence electrons. The van der Waals surface area contributed by atoms with Gasteiger partial charge in [0.05, 0.1) is 0 Å². The van der Waals surface area contributed by atoms with Crippen LogP contribution in [0.1, 0.15) is 27.2 Å². The molecule has 1 heterocycles. The molecule has 1 amide bonds. The molecule has 0 N–H and O–H groups in total. The summed E-state index contributed by atoms with van der Waals surface area (Å²) >= 11 is 0. The van der Waals surface area contributed by atoms with E-state index in [1.54, 1.807) is 4.90 Å². The molecule has 2 radical (unpaired) electrons. The van der Waals surface area contributed by atoms with Crippen molar-refractivity contribution in [3.8, 4) is 0 Å². The molecule has 3 nitrogen and oxygen atoms in total. The van der Waals surface area contributed by atoms with Crippen LogP contribution in [-0.4, -0.2) is 37.5 Å². The average Bonchev–Trinajstić information content (AvgIpc) is 2.02. The summed E-state index contributed by atoms with van der Waals surface area (Å²) in [7, 11) is 5.61. The zero-order valence-corrected chi connectivity index (χ0v) is 9.04. The van der Waals surface area contributed by atoms with Gasteiger partial charge in [-0.3, -0.25) is 0 Å². The highest BCUT2D eigenvalue weighted by atomic mass is 16.6. The van der Waals surface area contributed by atoms with Gasteiger partial charge >= 0.3 is 6.09 Å². The van der Waals surface area contributed by atoms with Gasteiger partial charge in [-0.15, -0.1) is 5.47 Å². The van der Waals surface area contributed by atoms with E-state index < -0.39 is 5.60 Å². The zero-order chi connectivity index (χ0) is 10.8. The van der Waals surface area contributed by atoms with Gasteiger partial charge in [0.1, 0.15) is 13.4 Å². The minimum atomic E-state index is -0.427. The third-order valence-electron chi connectivity index (χ3n) is 1.90. The van der Waals surface area contributed by atoms with Crippen LogP contribution in [0.5, 0.6) is 0 Å². The summed E-state index contributed by atoms with van der Waals surface area (Å²) in [4.78, 5) is 13.2. The normalized spacial score (nSPS) is 17.6. The van der Waals surface area contributed by atoms with Crippen LogP contribution >= 0.6 is 0 Å². The number of hydrogen-bond donors (Lipinski definition) is 0. The second-order valence-corrected chi connectivity index (χ2v) is 4.46. The monoisotopic (exact) mass is 193 g/mol. The molecule has 0 atom stereocenters. The molecule has 0 aromatic carbocycles. The van der Waals surface area contributed by atoms with E-state index in [2.05, 4.69) is 0 Å². The van der Waals surface area contributed by atoms with Crippen molar-refractivity contribution in [2.45, 2.75) is 32.8 Å². The first-order valence-corrected chi connectivity index (χ1v) is 4.81. The van der Waals surface area contributed by atoms with Gasteiger partial charge in [-0.1, -0.05) is 6.08 Å².